The molecule has 6 nitrogen and oxygen atoms in total. The number of rotatable bonds is 7. The van der Waals surface area contributed by atoms with Gasteiger partial charge in [0.1, 0.15) is 5.75 Å². The van der Waals surface area contributed by atoms with Crippen LogP contribution in [0.5, 0.6) is 5.75 Å². The number of benzene rings is 1. The number of hydrogen-bond acceptors (Lipinski definition) is 6. The van der Waals surface area contributed by atoms with Crippen LogP contribution in [0.1, 0.15) is 18.7 Å². The molecule has 1 saturated heterocycles. The number of ether oxygens (including phenoxy) is 1. The van der Waals surface area contributed by atoms with Crippen LogP contribution in [0, 0.1) is 0 Å². The average molecular weight is 319 g/mol. The zero-order valence-electron chi connectivity index (χ0n) is 12.1. The molecule has 3 rings (SSSR count). The minimum atomic E-state index is 0.156. The first-order valence-corrected chi connectivity index (χ1v) is 8.20. The van der Waals surface area contributed by atoms with Gasteiger partial charge in [0.25, 0.3) is 5.22 Å². The zero-order chi connectivity index (χ0) is 15.2. The first-order valence-electron chi connectivity index (χ1n) is 7.22. The molecule has 0 atom stereocenters. The summed E-state index contributed by atoms with van der Waals surface area (Å²) in [6, 6.07) is 9.66. The van der Waals surface area contributed by atoms with Crippen molar-refractivity contribution in [3.05, 3.63) is 36.2 Å². The number of para-hydroxylation sites is 1. The third-order valence-corrected chi connectivity index (χ3v) is 4.05. The second-order valence-electron chi connectivity index (χ2n) is 4.89. The van der Waals surface area contributed by atoms with Crippen LogP contribution in [-0.4, -0.2) is 39.9 Å². The van der Waals surface area contributed by atoms with E-state index in [1.54, 1.807) is 4.90 Å². The molecule has 0 radical (unpaired) electrons. The predicted molar refractivity (Wildman–Crippen MR) is 81.6 cm³/mol. The van der Waals surface area contributed by atoms with Gasteiger partial charge in [0.05, 0.1) is 13.2 Å². The Kier molecular flexibility index (Phi) is 4.95. The number of carbonyl (C=O) groups excluding carboxylic acids is 1. The summed E-state index contributed by atoms with van der Waals surface area (Å²) >= 11 is 1.45. The molecular weight excluding hydrogens is 302 g/mol. The maximum atomic E-state index is 11.5. The molecule has 1 aromatic heterocycles. The Morgan fingerprint density at radius 3 is 2.91 bits per heavy atom. The smallest absolute Gasteiger partial charge is 0.276 e. The molecule has 1 amide bonds. The first-order chi connectivity index (χ1) is 10.8. The van der Waals surface area contributed by atoms with Crippen LogP contribution in [0.3, 0.4) is 0 Å². The predicted octanol–water partition coefficient (Wildman–Crippen LogP) is 2.36. The van der Waals surface area contributed by atoms with Crippen molar-refractivity contribution in [1.82, 2.24) is 15.1 Å². The van der Waals surface area contributed by atoms with E-state index in [0.29, 0.717) is 30.7 Å². The van der Waals surface area contributed by atoms with Crippen molar-refractivity contribution in [1.29, 1.82) is 0 Å². The Hall–Kier alpha value is -2.02. The molecule has 0 unspecified atom stereocenters. The molecule has 0 spiro atoms. The summed E-state index contributed by atoms with van der Waals surface area (Å²) in [6.45, 7) is 1.75. The maximum absolute atomic E-state index is 11.5. The van der Waals surface area contributed by atoms with Crippen molar-refractivity contribution in [3.8, 4) is 5.75 Å². The van der Waals surface area contributed by atoms with E-state index in [1.165, 1.54) is 11.8 Å². The van der Waals surface area contributed by atoms with E-state index in [-0.39, 0.29) is 5.91 Å². The molecule has 0 saturated carbocycles. The fraction of sp³-hybridized carbons (Fsp3) is 0.400. The second kappa shape index (κ2) is 7.31. The Morgan fingerprint density at radius 2 is 2.14 bits per heavy atom. The van der Waals surface area contributed by atoms with Crippen molar-refractivity contribution in [2.75, 3.05) is 18.9 Å². The van der Waals surface area contributed by atoms with Gasteiger partial charge < -0.3 is 14.1 Å². The third-order valence-electron chi connectivity index (χ3n) is 3.27. The number of amides is 1. The van der Waals surface area contributed by atoms with Crippen molar-refractivity contribution in [2.45, 2.75) is 24.6 Å². The molecule has 116 valence electrons. The van der Waals surface area contributed by atoms with Crippen LogP contribution >= 0.6 is 11.8 Å². The van der Waals surface area contributed by atoms with Gasteiger partial charge in [0.2, 0.25) is 11.8 Å². The molecule has 1 aromatic carbocycles. The lowest BCUT2D eigenvalue weighted by atomic mass is 10.3. The first kappa shape index (κ1) is 14.9. The van der Waals surface area contributed by atoms with Gasteiger partial charge in [-0.3, -0.25) is 4.79 Å². The van der Waals surface area contributed by atoms with E-state index in [4.69, 9.17) is 9.15 Å². The third kappa shape index (κ3) is 4.00. The largest absolute Gasteiger partial charge is 0.493 e. The highest BCUT2D eigenvalue weighted by atomic mass is 32.2. The van der Waals surface area contributed by atoms with Crippen molar-refractivity contribution in [2.24, 2.45) is 0 Å². The van der Waals surface area contributed by atoms with Gasteiger partial charge in [0, 0.05) is 18.7 Å². The van der Waals surface area contributed by atoms with Crippen LogP contribution in [-0.2, 0) is 11.3 Å². The molecule has 2 heterocycles. The fourth-order valence-corrected chi connectivity index (χ4v) is 2.80. The molecule has 7 heteroatoms. The summed E-state index contributed by atoms with van der Waals surface area (Å²) in [7, 11) is 0. The van der Waals surface area contributed by atoms with E-state index >= 15 is 0 Å². The van der Waals surface area contributed by atoms with Crippen molar-refractivity contribution >= 4 is 17.7 Å². The quantitative estimate of drug-likeness (QED) is 0.576. The van der Waals surface area contributed by atoms with E-state index < -0.39 is 0 Å². The topological polar surface area (TPSA) is 68.5 Å². The summed E-state index contributed by atoms with van der Waals surface area (Å²) < 4.78 is 11.1. The molecule has 1 aliphatic heterocycles. The lowest BCUT2D eigenvalue weighted by molar-refractivity contribution is -0.128. The van der Waals surface area contributed by atoms with Crippen LogP contribution in [0.4, 0.5) is 0 Å². The lowest BCUT2D eigenvalue weighted by Crippen LogP contribution is -2.23. The Balaban J connectivity index is 1.41. The molecular formula is C15H17N3O3S. The summed E-state index contributed by atoms with van der Waals surface area (Å²) in [4.78, 5) is 13.3. The number of carbonyl (C=O) groups is 1. The van der Waals surface area contributed by atoms with Crippen LogP contribution in [0.2, 0.25) is 0 Å². The van der Waals surface area contributed by atoms with Gasteiger partial charge in [-0.25, -0.2) is 0 Å². The number of nitrogens with zero attached hydrogens (tertiary/aromatic N) is 3. The molecule has 0 bridgehead atoms. The summed E-state index contributed by atoms with van der Waals surface area (Å²) in [5.74, 6) is 2.21. The minimum Gasteiger partial charge on any atom is -0.493 e. The number of hydrogen-bond donors (Lipinski definition) is 0. The van der Waals surface area contributed by atoms with Gasteiger partial charge in [-0.05, 0) is 18.6 Å². The highest BCUT2D eigenvalue weighted by Gasteiger charge is 2.22. The fourth-order valence-electron chi connectivity index (χ4n) is 2.20. The van der Waals surface area contributed by atoms with Gasteiger partial charge in [-0.15, -0.1) is 10.2 Å². The second-order valence-corrected chi connectivity index (χ2v) is 5.94. The van der Waals surface area contributed by atoms with Crippen LogP contribution in [0.25, 0.3) is 0 Å². The zero-order valence-corrected chi connectivity index (χ0v) is 12.9. The minimum absolute atomic E-state index is 0.156. The number of thioether (sulfide) groups is 1. The monoisotopic (exact) mass is 319 g/mol. The Morgan fingerprint density at radius 1 is 1.27 bits per heavy atom. The molecule has 1 fully saturated rings. The Bertz CT molecular complexity index is 618. The summed E-state index contributed by atoms with van der Waals surface area (Å²) in [5, 5.41) is 8.47. The van der Waals surface area contributed by atoms with Gasteiger partial charge in [0.15, 0.2) is 0 Å². The summed E-state index contributed by atoms with van der Waals surface area (Å²) in [6.07, 6.45) is 1.53. The van der Waals surface area contributed by atoms with Crippen LogP contribution in [0.15, 0.2) is 40.0 Å². The lowest BCUT2D eigenvalue weighted by Gasteiger charge is -2.11. The van der Waals surface area contributed by atoms with Gasteiger partial charge in [-0.1, -0.05) is 30.0 Å². The SMILES string of the molecule is O=C1CCCN1Cc1nnc(SCCOc2ccccc2)o1. The molecule has 22 heavy (non-hydrogen) atoms. The van der Waals surface area contributed by atoms with Crippen molar-refractivity contribution < 1.29 is 13.9 Å². The van der Waals surface area contributed by atoms with Gasteiger partial charge >= 0.3 is 0 Å². The maximum Gasteiger partial charge on any atom is 0.276 e. The molecule has 2 aromatic rings. The standard InChI is InChI=1S/C15H17N3O3S/c19-14-7-4-8-18(14)11-13-16-17-15(21-13)22-10-9-20-12-5-2-1-3-6-12/h1-3,5-6H,4,7-11H2. The average Bonchev–Trinajstić information content (AvgIpc) is 3.15. The van der Waals surface area contributed by atoms with E-state index in [0.717, 1.165) is 24.5 Å². The highest BCUT2D eigenvalue weighted by Crippen LogP contribution is 2.19. The highest BCUT2D eigenvalue weighted by molar-refractivity contribution is 7.99. The van der Waals surface area contributed by atoms with Crippen molar-refractivity contribution in [3.63, 3.8) is 0 Å². The van der Waals surface area contributed by atoms with E-state index in [2.05, 4.69) is 10.2 Å². The number of aromatic nitrogens is 2. The summed E-state index contributed by atoms with van der Waals surface area (Å²) in [5.41, 5.74) is 0. The molecule has 0 N–H and O–H groups in total. The van der Waals surface area contributed by atoms with E-state index in [9.17, 15) is 4.79 Å². The Labute approximate surface area is 132 Å². The molecule has 0 aliphatic carbocycles. The van der Waals surface area contributed by atoms with E-state index in [1.807, 2.05) is 30.3 Å². The van der Waals surface area contributed by atoms with Gasteiger partial charge in [-0.2, -0.15) is 0 Å². The van der Waals surface area contributed by atoms with Crippen LogP contribution < -0.4 is 4.74 Å². The normalized spacial score (nSPS) is 14.5. The molecule has 1 aliphatic rings. The number of likely N-dealkylation sites (tertiary alicyclic amines) is 1.